The van der Waals surface area contributed by atoms with Gasteiger partial charge in [0, 0.05) is 12.6 Å². The lowest BCUT2D eigenvalue weighted by Gasteiger charge is -2.34. The Bertz CT molecular complexity index is 355. The van der Waals surface area contributed by atoms with Gasteiger partial charge in [-0.15, -0.1) is 0 Å². The Morgan fingerprint density at radius 2 is 1.84 bits per heavy atom. The van der Waals surface area contributed by atoms with Crippen LogP contribution in [0.25, 0.3) is 0 Å². The molecule has 0 saturated carbocycles. The minimum Gasteiger partial charge on any atom is -0.324 e. The van der Waals surface area contributed by atoms with Crippen molar-refractivity contribution < 1.29 is 0 Å². The third-order valence-electron chi connectivity index (χ3n) is 4.63. The summed E-state index contributed by atoms with van der Waals surface area (Å²) in [5, 5.41) is 0. The van der Waals surface area contributed by atoms with Gasteiger partial charge in [-0.25, -0.2) is 0 Å². The van der Waals surface area contributed by atoms with E-state index < -0.39 is 0 Å². The highest BCUT2D eigenvalue weighted by Crippen LogP contribution is 2.24. The average molecular weight is 260 g/mol. The van der Waals surface area contributed by atoms with Crippen LogP contribution < -0.4 is 5.73 Å². The molecule has 1 aromatic carbocycles. The maximum atomic E-state index is 6.38. The van der Waals surface area contributed by atoms with Gasteiger partial charge < -0.3 is 10.6 Å². The van der Waals surface area contributed by atoms with Crippen LogP contribution in [0, 0.1) is 11.8 Å². The van der Waals surface area contributed by atoms with Crippen LogP contribution in [0.3, 0.4) is 0 Å². The molecule has 2 heteroatoms. The summed E-state index contributed by atoms with van der Waals surface area (Å²) in [6, 6.07) is 10.7. The van der Waals surface area contributed by atoms with Gasteiger partial charge in [0.05, 0.1) is 0 Å². The molecule has 0 spiro atoms. The second kappa shape index (κ2) is 7.06. The van der Waals surface area contributed by atoms with Crippen molar-refractivity contribution in [1.82, 2.24) is 4.90 Å². The molecule has 0 radical (unpaired) electrons. The standard InChI is InChI=1S/C17H28N2/c1-3-15-9-11-19(12-10-15)13-14(2)17(18)16-7-5-4-6-8-16/h4-8,14-15,17H,3,9-13,18H2,1-2H3. The number of rotatable bonds is 5. The van der Waals surface area contributed by atoms with Crippen molar-refractivity contribution in [2.75, 3.05) is 19.6 Å². The molecule has 2 rings (SSSR count). The fraction of sp³-hybridized carbons (Fsp3) is 0.647. The summed E-state index contributed by atoms with van der Waals surface area (Å²) in [4.78, 5) is 2.60. The van der Waals surface area contributed by atoms with Gasteiger partial charge in [-0.1, -0.05) is 50.6 Å². The van der Waals surface area contributed by atoms with Crippen LogP contribution >= 0.6 is 0 Å². The highest BCUT2D eigenvalue weighted by atomic mass is 15.1. The van der Waals surface area contributed by atoms with Crippen molar-refractivity contribution in [1.29, 1.82) is 0 Å². The summed E-state index contributed by atoms with van der Waals surface area (Å²) in [5.74, 6) is 1.47. The molecule has 0 amide bonds. The first-order chi connectivity index (χ1) is 9.20. The Morgan fingerprint density at radius 3 is 2.42 bits per heavy atom. The Balaban J connectivity index is 1.83. The van der Waals surface area contributed by atoms with E-state index in [1.165, 1.54) is 37.9 Å². The van der Waals surface area contributed by atoms with E-state index in [2.05, 4.69) is 49.1 Å². The summed E-state index contributed by atoms with van der Waals surface area (Å²) in [6.07, 6.45) is 4.07. The number of benzene rings is 1. The maximum absolute atomic E-state index is 6.38. The van der Waals surface area contributed by atoms with Gasteiger partial charge in [0.2, 0.25) is 0 Å². The normalized spacial score (nSPS) is 21.2. The van der Waals surface area contributed by atoms with Gasteiger partial charge in [0.25, 0.3) is 0 Å². The third kappa shape index (κ3) is 4.05. The molecule has 0 aromatic heterocycles. The lowest BCUT2D eigenvalue weighted by atomic mass is 9.91. The van der Waals surface area contributed by atoms with Gasteiger partial charge in [-0.05, 0) is 43.3 Å². The van der Waals surface area contributed by atoms with Crippen LogP contribution in [0.15, 0.2) is 30.3 Å². The Kier molecular flexibility index (Phi) is 5.41. The summed E-state index contributed by atoms with van der Waals surface area (Å²) >= 11 is 0. The van der Waals surface area contributed by atoms with Crippen molar-refractivity contribution in [2.24, 2.45) is 17.6 Å². The van der Waals surface area contributed by atoms with E-state index in [1.54, 1.807) is 0 Å². The first-order valence-electron chi connectivity index (χ1n) is 7.73. The lowest BCUT2D eigenvalue weighted by Crippen LogP contribution is -2.39. The molecule has 2 nitrogen and oxygen atoms in total. The van der Waals surface area contributed by atoms with Crippen LogP contribution in [0.1, 0.15) is 44.7 Å². The van der Waals surface area contributed by atoms with E-state index in [0.717, 1.165) is 12.5 Å². The Hall–Kier alpha value is -0.860. The van der Waals surface area contributed by atoms with Crippen LogP contribution in [-0.4, -0.2) is 24.5 Å². The van der Waals surface area contributed by atoms with Crippen LogP contribution in [0.5, 0.6) is 0 Å². The molecule has 2 atom stereocenters. The van der Waals surface area contributed by atoms with Crippen LogP contribution in [-0.2, 0) is 0 Å². The highest BCUT2D eigenvalue weighted by Gasteiger charge is 2.22. The van der Waals surface area contributed by atoms with Crippen LogP contribution in [0.2, 0.25) is 0 Å². The molecule has 1 saturated heterocycles. The molecular formula is C17H28N2. The summed E-state index contributed by atoms with van der Waals surface area (Å²) in [6.45, 7) is 8.24. The number of likely N-dealkylation sites (tertiary alicyclic amines) is 1. The molecule has 1 fully saturated rings. The maximum Gasteiger partial charge on any atom is 0.0333 e. The van der Waals surface area contributed by atoms with Gasteiger partial charge >= 0.3 is 0 Å². The molecule has 0 bridgehead atoms. The van der Waals surface area contributed by atoms with E-state index >= 15 is 0 Å². The van der Waals surface area contributed by atoms with E-state index in [0.29, 0.717) is 5.92 Å². The second-order valence-corrected chi connectivity index (χ2v) is 6.07. The number of nitrogens with zero attached hydrogens (tertiary/aromatic N) is 1. The van der Waals surface area contributed by atoms with Crippen molar-refractivity contribution in [3.63, 3.8) is 0 Å². The summed E-state index contributed by atoms with van der Waals surface area (Å²) in [7, 11) is 0. The van der Waals surface area contributed by atoms with E-state index in [4.69, 9.17) is 5.73 Å². The van der Waals surface area contributed by atoms with Gasteiger partial charge in [0.1, 0.15) is 0 Å². The zero-order chi connectivity index (χ0) is 13.7. The van der Waals surface area contributed by atoms with Crippen molar-refractivity contribution in [3.05, 3.63) is 35.9 Å². The fourth-order valence-corrected chi connectivity index (χ4v) is 3.10. The van der Waals surface area contributed by atoms with Crippen LogP contribution in [0.4, 0.5) is 0 Å². The zero-order valence-electron chi connectivity index (χ0n) is 12.4. The fourth-order valence-electron chi connectivity index (χ4n) is 3.10. The average Bonchev–Trinajstić information content (AvgIpc) is 2.48. The van der Waals surface area contributed by atoms with E-state index in [9.17, 15) is 0 Å². The third-order valence-corrected chi connectivity index (χ3v) is 4.63. The molecular weight excluding hydrogens is 232 g/mol. The smallest absolute Gasteiger partial charge is 0.0333 e. The molecule has 0 aliphatic carbocycles. The molecule has 1 aliphatic heterocycles. The van der Waals surface area contributed by atoms with Gasteiger partial charge in [-0.3, -0.25) is 0 Å². The number of hydrogen-bond acceptors (Lipinski definition) is 2. The predicted molar refractivity (Wildman–Crippen MR) is 82.0 cm³/mol. The number of nitrogens with two attached hydrogens (primary N) is 1. The molecule has 1 aliphatic rings. The van der Waals surface area contributed by atoms with E-state index in [-0.39, 0.29) is 6.04 Å². The molecule has 2 unspecified atom stereocenters. The van der Waals surface area contributed by atoms with Gasteiger partial charge in [0.15, 0.2) is 0 Å². The molecule has 106 valence electrons. The van der Waals surface area contributed by atoms with Crippen molar-refractivity contribution >= 4 is 0 Å². The monoisotopic (exact) mass is 260 g/mol. The Morgan fingerprint density at radius 1 is 1.21 bits per heavy atom. The molecule has 19 heavy (non-hydrogen) atoms. The predicted octanol–water partition coefficient (Wildman–Crippen LogP) is 3.44. The summed E-state index contributed by atoms with van der Waals surface area (Å²) in [5.41, 5.74) is 7.64. The Labute approximate surface area is 118 Å². The number of piperidine rings is 1. The minimum absolute atomic E-state index is 0.157. The largest absolute Gasteiger partial charge is 0.324 e. The second-order valence-electron chi connectivity index (χ2n) is 6.07. The first-order valence-corrected chi connectivity index (χ1v) is 7.73. The molecule has 1 aromatic rings. The first kappa shape index (κ1) is 14.5. The summed E-state index contributed by atoms with van der Waals surface area (Å²) < 4.78 is 0. The van der Waals surface area contributed by atoms with E-state index in [1.807, 2.05) is 0 Å². The minimum atomic E-state index is 0.157. The highest BCUT2D eigenvalue weighted by molar-refractivity contribution is 5.19. The lowest BCUT2D eigenvalue weighted by molar-refractivity contribution is 0.155. The topological polar surface area (TPSA) is 29.3 Å². The van der Waals surface area contributed by atoms with Crippen molar-refractivity contribution in [2.45, 2.75) is 39.2 Å². The zero-order valence-corrected chi connectivity index (χ0v) is 12.4. The molecule has 2 N–H and O–H groups in total. The SMILES string of the molecule is CCC1CCN(CC(C)C(N)c2ccccc2)CC1. The number of hydrogen-bond donors (Lipinski definition) is 1. The quantitative estimate of drug-likeness (QED) is 0.878. The van der Waals surface area contributed by atoms with Gasteiger partial charge in [-0.2, -0.15) is 0 Å². The van der Waals surface area contributed by atoms with Crippen molar-refractivity contribution in [3.8, 4) is 0 Å². The molecule has 1 heterocycles.